The molecule has 1 aliphatic carbocycles. The van der Waals surface area contributed by atoms with E-state index in [0.717, 1.165) is 18.9 Å². The number of nitrogens with one attached hydrogen (secondary N) is 1. The monoisotopic (exact) mass is 254 g/mol. The fourth-order valence-electron chi connectivity index (χ4n) is 2.48. The molecule has 1 amide bonds. The molecule has 2 unspecified atom stereocenters. The minimum Gasteiger partial charge on any atom is -0.480 e. The molecule has 1 saturated carbocycles. The molecule has 0 aromatic rings. The summed E-state index contributed by atoms with van der Waals surface area (Å²) in [7, 11) is 0. The lowest BCUT2D eigenvalue weighted by molar-refractivity contribution is -0.152. The van der Waals surface area contributed by atoms with Crippen LogP contribution in [0.15, 0.2) is 0 Å². The number of piperidine rings is 1. The Balaban J connectivity index is 1.83. The number of carbonyl (C=O) groups excluding carboxylic acids is 1. The van der Waals surface area contributed by atoms with Gasteiger partial charge in [-0.15, -0.1) is 0 Å². The summed E-state index contributed by atoms with van der Waals surface area (Å²) in [6, 6.07) is -0.635. The Morgan fingerprint density at radius 1 is 1.33 bits per heavy atom. The van der Waals surface area contributed by atoms with E-state index in [1.165, 1.54) is 17.7 Å². The number of likely N-dealkylation sites (tertiary alicyclic amines) is 1. The minimum absolute atomic E-state index is 0.0741. The normalized spacial score (nSPS) is 28.2. The number of hydrogen-bond acceptors (Lipinski definition) is 3. The van der Waals surface area contributed by atoms with Gasteiger partial charge in [0.1, 0.15) is 6.04 Å². The standard InChI is InChI=1S/C13H22N2O3/c1-9-4-5-15(11(6-9)13(17)18)12(16)8-14-7-10-2-3-10/h9-11,14H,2-8H2,1H3,(H,17,18). The van der Waals surface area contributed by atoms with Gasteiger partial charge in [0, 0.05) is 6.54 Å². The van der Waals surface area contributed by atoms with Gasteiger partial charge in [-0.05, 0) is 44.1 Å². The second kappa shape index (κ2) is 5.69. The van der Waals surface area contributed by atoms with Crippen molar-refractivity contribution in [1.29, 1.82) is 0 Å². The molecular formula is C13H22N2O3. The molecule has 0 spiro atoms. The Bertz CT molecular complexity index is 328. The van der Waals surface area contributed by atoms with E-state index in [-0.39, 0.29) is 12.5 Å². The largest absolute Gasteiger partial charge is 0.480 e. The van der Waals surface area contributed by atoms with Gasteiger partial charge in [-0.25, -0.2) is 4.79 Å². The van der Waals surface area contributed by atoms with Gasteiger partial charge in [0.15, 0.2) is 0 Å². The Morgan fingerprint density at radius 3 is 2.67 bits per heavy atom. The molecule has 102 valence electrons. The smallest absolute Gasteiger partial charge is 0.326 e. The third-order valence-electron chi connectivity index (χ3n) is 3.88. The van der Waals surface area contributed by atoms with Gasteiger partial charge in [-0.1, -0.05) is 6.92 Å². The zero-order valence-electron chi connectivity index (χ0n) is 10.9. The third-order valence-corrected chi connectivity index (χ3v) is 3.88. The molecule has 2 fully saturated rings. The van der Waals surface area contributed by atoms with Crippen LogP contribution in [0.4, 0.5) is 0 Å². The molecule has 2 N–H and O–H groups in total. The van der Waals surface area contributed by atoms with E-state index in [2.05, 4.69) is 5.32 Å². The number of amides is 1. The van der Waals surface area contributed by atoms with Crippen LogP contribution < -0.4 is 5.32 Å². The molecule has 0 aromatic carbocycles. The lowest BCUT2D eigenvalue weighted by atomic mass is 9.92. The molecule has 0 radical (unpaired) electrons. The Labute approximate surface area is 108 Å². The first-order valence-corrected chi connectivity index (χ1v) is 6.81. The van der Waals surface area contributed by atoms with Crippen LogP contribution in [-0.2, 0) is 9.59 Å². The fraction of sp³-hybridized carbons (Fsp3) is 0.846. The first kappa shape index (κ1) is 13.3. The van der Waals surface area contributed by atoms with Crippen molar-refractivity contribution in [1.82, 2.24) is 10.2 Å². The predicted molar refractivity (Wildman–Crippen MR) is 67.1 cm³/mol. The lowest BCUT2D eigenvalue weighted by Crippen LogP contribution is -2.52. The molecule has 5 heteroatoms. The van der Waals surface area contributed by atoms with Crippen molar-refractivity contribution < 1.29 is 14.7 Å². The van der Waals surface area contributed by atoms with Gasteiger partial charge in [-0.3, -0.25) is 4.79 Å². The van der Waals surface area contributed by atoms with Crippen LogP contribution in [0.3, 0.4) is 0 Å². The topological polar surface area (TPSA) is 69.6 Å². The van der Waals surface area contributed by atoms with Crippen molar-refractivity contribution in [3.8, 4) is 0 Å². The summed E-state index contributed by atoms with van der Waals surface area (Å²) in [4.78, 5) is 24.7. The van der Waals surface area contributed by atoms with Crippen LogP contribution in [0.5, 0.6) is 0 Å². The van der Waals surface area contributed by atoms with Crippen molar-refractivity contribution >= 4 is 11.9 Å². The zero-order valence-corrected chi connectivity index (χ0v) is 10.9. The van der Waals surface area contributed by atoms with E-state index >= 15 is 0 Å². The van der Waals surface area contributed by atoms with Gasteiger partial charge >= 0.3 is 5.97 Å². The molecule has 0 aromatic heterocycles. The van der Waals surface area contributed by atoms with Crippen molar-refractivity contribution in [2.75, 3.05) is 19.6 Å². The summed E-state index contributed by atoms with van der Waals surface area (Å²) in [6.45, 7) is 3.77. The number of carbonyl (C=O) groups is 2. The first-order valence-electron chi connectivity index (χ1n) is 6.81. The third kappa shape index (κ3) is 3.45. The van der Waals surface area contributed by atoms with Crippen molar-refractivity contribution in [3.05, 3.63) is 0 Å². The second-order valence-corrected chi connectivity index (χ2v) is 5.64. The van der Waals surface area contributed by atoms with E-state index in [9.17, 15) is 14.7 Å². The van der Waals surface area contributed by atoms with E-state index in [1.54, 1.807) is 0 Å². The van der Waals surface area contributed by atoms with E-state index < -0.39 is 12.0 Å². The SMILES string of the molecule is CC1CCN(C(=O)CNCC2CC2)C(C(=O)O)C1. The van der Waals surface area contributed by atoms with Gasteiger partial charge < -0.3 is 15.3 Å². The van der Waals surface area contributed by atoms with Gasteiger partial charge in [0.05, 0.1) is 6.54 Å². The summed E-state index contributed by atoms with van der Waals surface area (Å²) in [6.07, 6.45) is 3.97. The summed E-state index contributed by atoms with van der Waals surface area (Å²) >= 11 is 0. The number of aliphatic carboxylic acids is 1. The zero-order chi connectivity index (χ0) is 13.1. The van der Waals surface area contributed by atoms with Crippen molar-refractivity contribution in [3.63, 3.8) is 0 Å². The molecule has 2 atom stereocenters. The van der Waals surface area contributed by atoms with E-state index in [4.69, 9.17) is 0 Å². The molecule has 18 heavy (non-hydrogen) atoms. The van der Waals surface area contributed by atoms with Crippen LogP contribution in [-0.4, -0.2) is 47.6 Å². The minimum atomic E-state index is -0.878. The summed E-state index contributed by atoms with van der Waals surface area (Å²) in [5.41, 5.74) is 0. The maximum atomic E-state index is 12.0. The number of carboxylic acids is 1. The fourth-order valence-corrected chi connectivity index (χ4v) is 2.48. The Hall–Kier alpha value is -1.10. The quantitative estimate of drug-likeness (QED) is 0.757. The van der Waals surface area contributed by atoms with Crippen molar-refractivity contribution in [2.24, 2.45) is 11.8 Å². The second-order valence-electron chi connectivity index (χ2n) is 5.64. The molecule has 1 heterocycles. The average Bonchev–Trinajstić information content (AvgIpc) is 3.12. The molecule has 1 saturated heterocycles. The Morgan fingerprint density at radius 2 is 2.06 bits per heavy atom. The molecule has 2 aliphatic rings. The molecule has 5 nitrogen and oxygen atoms in total. The number of hydrogen-bond donors (Lipinski definition) is 2. The van der Waals surface area contributed by atoms with E-state index in [1.807, 2.05) is 6.92 Å². The number of nitrogens with zero attached hydrogens (tertiary/aromatic N) is 1. The van der Waals surface area contributed by atoms with E-state index in [0.29, 0.717) is 18.9 Å². The maximum Gasteiger partial charge on any atom is 0.326 e. The van der Waals surface area contributed by atoms with Crippen LogP contribution in [0.2, 0.25) is 0 Å². The highest BCUT2D eigenvalue weighted by Crippen LogP contribution is 2.27. The first-order chi connectivity index (χ1) is 8.58. The van der Waals surface area contributed by atoms with Crippen LogP contribution >= 0.6 is 0 Å². The van der Waals surface area contributed by atoms with Gasteiger partial charge in [0.2, 0.25) is 5.91 Å². The predicted octanol–water partition coefficient (Wildman–Crippen LogP) is 0.698. The Kier molecular flexibility index (Phi) is 4.22. The number of rotatable bonds is 5. The highest BCUT2D eigenvalue weighted by atomic mass is 16.4. The highest BCUT2D eigenvalue weighted by molar-refractivity contribution is 5.85. The number of carboxylic acid groups (broad SMARTS) is 1. The van der Waals surface area contributed by atoms with Crippen molar-refractivity contribution in [2.45, 2.75) is 38.6 Å². The summed E-state index contributed by atoms with van der Waals surface area (Å²) < 4.78 is 0. The highest BCUT2D eigenvalue weighted by Gasteiger charge is 2.34. The molecule has 1 aliphatic heterocycles. The molecule has 2 rings (SSSR count). The van der Waals surface area contributed by atoms with Gasteiger partial charge in [0.25, 0.3) is 0 Å². The molecular weight excluding hydrogens is 232 g/mol. The molecule has 0 bridgehead atoms. The maximum absolute atomic E-state index is 12.0. The van der Waals surface area contributed by atoms with Gasteiger partial charge in [-0.2, -0.15) is 0 Å². The van der Waals surface area contributed by atoms with Crippen LogP contribution in [0.25, 0.3) is 0 Å². The average molecular weight is 254 g/mol. The van der Waals surface area contributed by atoms with Crippen LogP contribution in [0.1, 0.15) is 32.6 Å². The summed E-state index contributed by atoms with van der Waals surface area (Å²) in [5.74, 6) is 0.163. The summed E-state index contributed by atoms with van der Waals surface area (Å²) in [5, 5.41) is 12.3. The van der Waals surface area contributed by atoms with Crippen LogP contribution in [0, 0.1) is 11.8 Å². The lowest BCUT2D eigenvalue weighted by Gasteiger charge is -2.36.